The highest BCUT2D eigenvalue weighted by atomic mass is 16.5. The Morgan fingerprint density at radius 2 is 2.32 bits per heavy atom. The van der Waals surface area contributed by atoms with Crippen molar-refractivity contribution in [2.75, 3.05) is 18.5 Å². The normalized spacial score (nSPS) is 28.6. The maximum absolute atomic E-state index is 11.5. The zero-order valence-corrected chi connectivity index (χ0v) is 11.1. The van der Waals surface area contributed by atoms with Gasteiger partial charge in [-0.1, -0.05) is 12.1 Å². The van der Waals surface area contributed by atoms with Crippen molar-refractivity contribution in [2.45, 2.75) is 31.4 Å². The molecule has 2 heterocycles. The predicted molar refractivity (Wildman–Crippen MR) is 71.6 cm³/mol. The van der Waals surface area contributed by atoms with Crippen LogP contribution in [0.5, 0.6) is 5.75 Å². The molecule has 0 saturated carbocycles. The maximum atomic E-state index is 11.5. The predicted octanol–water partition coefficient (Wildman–Crippen LogP) is 1.09. The summed E-state index contributed by atoms with van der Waals surface area (Å²) in [5.41, 5.74) is 7.44. The molecule has 0 aromatic heterocycles. The Labute approximate surface area is 112 Å². The van der Waals surface area contributed by atoms with Gasteiger partial charge in [0.25, 0.3) is 0 Å². The lowest BCUT2D eigenvalue weighted by atomic mass is 9.82. The van der Waals surface area contributed by atoms with Gasteiger partial charge in [0.2, 0.25) is 0 Å². The van der Waals surface area contributed by atoms with Crippen LogP contribution < -0.4 is 15.4 Å². The van der Waals surface area contributed by atoms with Crippen LogP contribution in [-0.4, -0.2) is 30.8 Å². The molecule has 0 amide bonds. The fourth-order valence-electron chi connectivity index (χ4n) is 3.01. The third-order valence-electron chi connectivity index (χ3n) is 4.12. The van der Waals surface area contributed by atoms with E-state index >= 15 is 0 Å². The molecule has 102 valence electrons. The molecule has 2 unspecified atom stereocenters. The first-order valence-electron chi connectivity index (χ1n) is 6.50. The maximum Gasteiger partial charge on any atom is 0.328 e. The lowest BCUT2D eigenvalue weighted by molar-refractivity contribution is -0.144. The van der Waals surface area contributed by atoms with E-state index in [1.807, 2.05) is 31.0 Å². The number of benzene rings is 1. The van der Waals surface area contributed by atoms with Gasteiger partial charge < -0.3 is 20.5 Å². The molecule has 0 fully saturated rings. The minimum Gasteiger partial charge on any atom is -0.488 e. The van der Waals surface area contributed by atoms with E-state index in [-0.39, 0.29) is 6.10 Å². The number of hydrogen-bond donors (Lipinski definition) is 2. The highest BCUT2D eigenvalue weighted by Crippen LogP contribution is 2.46. The van der Waals surface area contributed by atoms with Gasteiger partial charge in [0.15, 0.2) is 0 Å². The van der Waals surface area contributed by atoms with Crippen molar-refractivity contribution in [3.05, 3.63) is 23.3 Å². The number of carboxylic acids is 1. The standard InChI is InChI=1S/C14H18N2O3/c1-8-7-9-3-4-10-11(12(9)19-8)16(2)6-5-14(10,15)13(17)18/h3-4,8H,5-7,15H2,1-2H3,(H,17,18). The molecule has 2 aliphatic rings. The molecule has 3 rings (SSSR count). The van der Waals surface area contributed by atoms with Crippen molar-refractivity contribution >= 4 is 11.7 Å². The zero-order valence-electron chi connectivity index (χ0n) is 11.1. The zero-order chi connectivity index (χ0) is 13.8. The molecule has 0 saturated heterocycles. The fourth-order valence-corrected chi connectivity index (χ4v) is 3.01. The van der Waals surface area contributed by atoms with E-state index in [4.69, 9.17) is 10.5 Å². The summed E-state index contributed by atoms with van der Waals surface area (Å²) in [5, 5.41) is 9.45. The quantitative estimate of drug-likeness (QED) is 0.792. The van der Waals surface area contributed by atoms with Gasteiger partial charge in [-0.25, -0.2) is 4.79 Å². The molecule has 2 aliphatic heterocycles. The van der Waals surface area contributed by atoms with Gasteiger partial charge in [0.1, 0.15) is 17.4 Å². The summed E-state index contributed by atoms with van der Waals surface area (Å²) in [4.78, 5) is 13.6. The highest BCUT2D eigenvalue weighted by Gasteiger charge is 2.44. The number of ether oxygens (including phenoxy) is 1. The largest absolute Gasteiger partial charge is 0.488 e. The van der Waals surface area contributed by atoms with Gasteiger partial charge in [0.05, 0.1) is 5.69 Å². The summed E-state index contributed by atoms with van der Waals surface area (Å²) in [7, 11) is 1.95. The van der Waals surface area contributed by atoms with E-state index < -0.39 is 11.5 Å². The summed E-state index contributed by atoms with van der Waals surface area (Å²) >= 11 is 0. The van der Waals surface area contributed by atoms with Gasteiger partial charge in [0, 0.05) is 25.6 Å². The van der Waals surface area contributed by atoms with Crippen molar-refractivity contribution in [2.24, 2.45) is 5.73 Å². The van der Waals surface area contributed by atoms with Crippen LogP contribution in [0.25, 0.3) is 0 Å². The van der Waals surface area contributed by atoms with Crippen LogP contribution in [0.1, 0.15) is 24.5 Å². The third kappa shape index (κ3) is 1.61. The monoisotopic (exact) mass is 262 g/mol. The molecular weight excluding hydrogens is 244 g/mol. The first-order chi connectivity index (χ1) is 8.93. The number of nitrogens with two attached hydrogens (primary N) is 1. The average molecular weight is 262 g/mol. The molecular formula is C14H18N2O3. The fraction of sp³-hybridized carbons (Fsp3) is 0.500. The summed E-state index contributed by atoms with van der Waals surface area (Å²) in [6.45, 7) is 2.63. The Morgan fingerprint density at radius 3 is 3.00 bits per heavy atom. The lowest BCUT2D eigenvalue weighted by Gasteiger charge is -2.38. The molecule has 2 atom stereocenters. The molecule has 0 bridgehead atoms. The SMILES string of the molecule is CC1Cc2ccc3c(c2O1)N(C)CCC3(N)C(=O)O. The van der Waals surface area contributed by atoms with Crippen LogP contribution in [0.2, 0.25) is 0 Å². The van der Waals surface area contributed by atoms with Crippen molar-refractivity contribution in [3.63, 3.8) is 0 Å². The Bertz CT molecular complexity index is 558. The number of carbonyl (C=O) groups is 1. The van der Waals surface area contributed by atoms with E-state index in [1.165, 1.54) is 0 Å². The van der Waals surface area contributed by atoms with Crippen molar-refractivity contribution in [3.8, 4) is 5.75 Å². The van der Waals surface area contributed by atoms with Gasteiger partial charge in [-0.3, -0.25) is 0 Å². The second kappa shape index (κ2) is 3.87. The van der Waals surface area contributed by atoms with E-state index in [2.05, 4.69) is 0 Å². The van der Waals surface area contributed by atoms with Gasteiger partial charge in [-0.05, 0) is 18.9 Å². The molecule has 19 heavy (non-hydrogen) atoms. The highest BCUT2D eigenvalue weighted by molar-refractivity contribution is 5.86. The summed E-state index contributed by atoms with van der Waals surface area (Å²) in [6.07, 6.45) is 1.40. The Kier molecular flexibility index (Phi) is 2.50. The topological polar surface area (TPSA) is 75.8 Å². The number of carboxylic acid groups (broad SMARTS) is 1. The molecule has 5 nitrogen and oxygen atoms in total. The van der Waals surface area contributed by atoms with Crippen LogP contribution in [0.4, 0.5) is 5.69 Å². The van der Waals surface area contributed by atoms with Gasteiger partial charge in [-0.2, -0.15) is 0 Å². The van der Waals surface area contributed by atoms with E-state index in [9.17, 15) is 9.90 Å². The molecule has 0 spiro atoms. The number of fused-ring (bicyclic) bond motifs is 3. The Morgan fingerprint density at radius 1 is 1.58 bits per heavy atom. The van der Waals surface area contributed by atoms with E-state index in [0.29, 0.717) is 18.5 Å². The Balaban J connectivity index is 2.21. The molecule has 1 aromatic rings. The van der Waals surface area contributed by atoms with Crippen LogP contribution in [0.15, 0.2) is 12.1 Å². The van der Waals surface area contributed by atoms with Crippen molar-refractivity contribution in [1.82, 2.24) is 0 Å². The number of nitrogens with zero attached hydrogens (tertiary/aromatic N) is 1. The molecule has 0 aliphatic carbocycles. The first-order valence-corrected chi connectivity index (χ1v) is 6.50. The van der Waals surface area contributed by atoms with Crippen LogP contribution in [0.3, 0.4) is 0 Å². The van der Waals surface area contributed by atoms with Crippen molar-refractivity contribution < 1.29 is 14.6 Å². The number of hydrogen-bond acceptors (Lipinski definition) is 4. The van der Waals surface area contributed by atoms with Gasteiger partial charge in [-0.15, -0.1) is 0 Å². The third-order valence-corrected chi connectivity index (χ3v) is 4.12. The first kappa shape index (κ1) is 12.3. The lowest BCUT2D eigenvalue weighted by Crippen LogP contribution is -2.51. The van der Waals surface area contributed by atoms with Gasteiger partial charge >= 0.3 is 5.97 Å². The summed E-state index contributed by atoms with van der Waals surface area (Å²) in [5.74, 6) is -0.170. The molecule has 3 N–H and O–H groups in total. The van der Waals surface area contributed by atoms with Crippen LogP contribution in [-0.2, 0) is 16.8 Å². The molecule has 1 aromatic carbocycles. The number of rotatable bonds is 1. The Hall–Kier alpha value is -1.75. The molecule has 0 radical (unpaired) electrons. The number of anilines is 1. The number of aliphatic carboxylic acids is 1. The van der Waals surface area contributed by atoms with E-state index in [1.54, 1.807) is 0 Å². The summed E-state index contributed by atoms with van der Waals surface area (Å²) < 4.78 is 5.86. The van der Waals surface area contributed by atoms with Crippen LogP contribution in [0, 0.1) is 0 Å². The molecule has 5 heteroatoms. The van der Waals surface area contributed by atoms with Crippen LogP contribution >= 0.6 is 0 Å². The minimum atomic E-state index is -1.31. The van der Waals surface area contributed by atoms with E-state index in [0.717, 1.165) is 23.4 Å². The summed E-state index contributed by atoms with van der Waals surface area (Å²) in [6, 6.07) is 3.79. The second-order valence-electron chi connectivity index (χ2n) is 5.53. The minimum absolute atomic E-state index is 0.133. The van der Waals surface area contributed by atoms with Crippen molar-refractivity contribution in [1.29, 1.82) is 0 Å². The smallest absolute Gasteiger partial charge is 0.328 e. The second-order valence-corrected chi connectivity index (χ2v) is 5.53. The average Bonchev–Trinajstić information content (AvgIpc) is 2.73.